The molecule has 1 aromatic rings. The number of nitrogens with zero attached hydrogens (tertiary/aromatic N) is 3. The number of likely N-dealkylation sites (tertiary alicyclic amines) is 1. The van der Waals surface area contributed by atoms with Gasteiger partial charge in [-0.25, -0.2) is 0 Å². The molecule has 5 nitrogen and oxygen atoms in total. The second kappa shape index (κ2) is 10.2. The molecule has 0 saturated carbocycles. The van der Waals surface area contributed by atoms with Gasteiger partial charge < -0.3 is 14.5 Å². The zero-order chi connectivity index (χ0) is 19.1. The molecule has 0 N–H and O–H groups in total. The first kappa shape index (κ1) is 20.3. The highest BCUT2D eigenvalue weighted by Crippen LogP contribution is 2.20. The molecule has 1 atom stereocenters. The Kier molecular flexibility index (Phi) is 7.68. The maximum Gasteiger partial charge on any atom is 0.240 e. The molecule has 1 aromatic carbocycles. The quantitative estimate of drug-likeness (QED) is 0.735. The summed E-state index contributed by atoms with van der Waals surface area (Å²) in [4.78, 5) is 20.5. The molecule has 2 aliphatic heterocycles. The second-order valence-corrected chi connectivity index (χ2v) is 7.87. The van der Waals surface area contributed by atoms with E-state index in [2.05, 4.69) is 59.0 Å². The summed E-state index contributed by atoms with van der Waals surface area (Å²) in [5, 5.41) is 0. The van der Waals surface area contributed by atoms with Crippen molar-refractivity contribution < 1.29 is 9.53 Å². The van der Waals surface area contributed by atoms with E-state index in [0.717, 1.165) is 71.6 Å². The highest BCUT2D eigenvalue weighted by molar-refractivity contribution is 5.82. The second-order valence-electron chi connectivity index (χ2n) is 7.87. The fourth-order valence-electron chi connectivity index (χ4n) is 4.34. The monoisotopic (exact) mass is 373 g/mol. The maximum atomic E-state index is 13.6. The van der Waals surface area contributed by atoms with Crippen LogP contribution in [0.15, 0.2) is 30.3 Å². The Morgan fingerprint density at radius 3 is 2.44 bits per heavy atom. The average molecular weight is 374 g/mol. The third-order valence-electron chi connectivity index (χ3n) is 6.05. The summed E-state index contributed by atoms with van der Waals surface area (Å²) in [5.74, 6) is 0.324. The van der Waals surface area contributed by atoms with Crippen LogP contribution in [-0.2, 0) is 16.0 Å². The number of piperidine rings is 1. The molecule has 1 unspecified atom stereocenters. The molecule has 0 spiro atoms. The van der Waals surface area contributed by atoms with Crippen LogP contribution in [0.1, 0.15) is 31.7 Å². The summed E-state index contributed by atoms with van der Waals surface area (Å²) in [7, 11) is 2.18. The number of morpholine rings is 1. The van der Waals surface area contributed by atoms with Crippen molar-refractivity contribution in [1.29, 1.82) is 0 Å². The SMILES string of the molecule is CCC(C(=O)N(CCc1ccccc1)C1CCN(C)CC1)N1CCOCC1. The minimum Gasteiger partial charge on any atom is -0.379 e. The molecule has 2 saturated heterocycles. The van der Waals surface area contributed by atoms with E-state index in [1.54, 1.807) is 0 Å². The lowest BCUT2D eigenvalue weighted by molar-refractivity contribution is -0.142. The van der Waals surface area contributed by atoms with Crippen molar-refractivity contribution in [3.05, 3.63) is 35.9 Å². The van der Waals surface area contributed by atoms with Gasteiger partial charge in [0.25, 0.3) is 0 Å². The number of amides is 1. The molecule has 5 heteroatoms. The summed E-state index contributed by atoms with van der Waals surface area (Å²) in [6, 6.07) is 10.9. The Morgan fingerprint density at radius 1 is 1.15 bits per heavy atom. The van der Waals surface area contributed by atoms with Crippen molar-refractivity contribution in [2.75, 3.05) is 53.0 Å². The van der Waals surface area contributed by atoms with Crippen molar-refractivity contribution in [2.24, 2.45) is 0 Å². The lowest BCUT2D eigenvalue weighted by atomic mass is 10.00. The molecule has 1 amide bonds. The van der Waals surface area contributed by atoms with Gasteiger partial charge in [0.2, 0.25) is 5.91 Å². The summed E-state index contributed by atoms with van der Waals surface area (Å²) in [5.41, 5.74) is 1.31. The normalized spacial score (nSPS) is 21.1. The number of carbonyl (C=O) groups is 1. The van der Waals surface area contributed by atoms with Crippen LogP contribution in [0.4, 0.5) is 0 Å². The Hall–Kier alpha value is -1.43. The molecular formula is C22H35N3O2. The molecule has 0 aromatic heterocycles. The summed E-state index contributed by atoms with van der Waals surface area (Å²) in [6.45, 7) is 8.32. The zero-order valence-corrected chi connectivity index (χ0v) is 17.0. The fraction of sp³-hybridized carbons (Fsp3) is 0.682. The summed E-state index contributed by atoms with van der Waals surface area (Å²) < 4.78 is 5.50. The molecule has 0 aliphatic carbocycles. The Morgan fingerprint density at radius 2 is 1.81 bits per heavy atom. The first-order chi connectivity index (χ1) is 13.2. The lowest BCUT2D eigenvalue weighted by Crippen LogP contribution is -2.56. The van der Waals surface area contributed by atoms with Crippen LogP contribution in [0, 0.1) is 0 Å². The van der Waals surface area contributed by atoms with E-state index in [4.69, 9.17) is 4.74 Å². The predicted molar refractivity (Wildman–Crippen MR) is 109 cm³/mol. The number of hydrogen-bond acceptors (Lipinski definition) is 4. The summed E-state index contributed by atoms with van der Waals surface area (Å²) >= 11 is 0. The number of benzene rings is 1. The van der Waals surface area contributed by atoms with Gasteiger partial charge in [-0.1, -0.05) is 37.3 Å². The van der Waals surface area contributed by atoms with Gasteiger partial charge in [-0.3, -0.25) is 9.69 Å². The van der Waals surface area contributed by atoms with Gasteiger partial charge in [0.05, 0.1) is 19.3 Å². The topological polar surface area (TPSA) is 36.0 Å². The van der Waals surface area contributed by atoms with Crippen LogP contribution >= 0.6 is 0 Å². The van der Waals surface area contributed by atoms with E-state index in [1.165, 1.54) is 5.56 Å². The van der Waals surface area contributed by atoms with Crippen molar-refractivity contribution in [1.82, 2.24) is 14.7 Å². The highest BCUT2D eigenvalue weighted by Gasteiger charge is 2.33. The molecule has 0 bridgehead atoms. The van der Waals surface area contributed by atoms with E-state index < -0.39 is 0 Å². The Bertz CT molecular complexity index is 566. The van der Waals surface area contributed by atoms with Gasteiger partial charge in [-0.05, 0) is 51.4 Å². The minimum absolute atomic E-state index is 0.00988. The average Bonchev–Trinajstić information content (AvgIpc) is 2.71. The third kappa shape index (κ3) is 5.53. The van der Waals surface area contributed by atoms with Crippen LogP contribution in [0.2, 0.25) is 0 Å². The Balaban J connectivity index is 1.71. The number of rotatable bonds is 7. The van der Waals surface area contributed by atoms with Gasteiger partial charge >= 0.3 is 0 Å². The standard InChI is InChI=1S/C22H35N3O2/c1-3-21(24-15-17-27-18-16-24)22(26)25(20-10-12-23(2)13-11-20)14-9-19-7-5-4-6-8-19/h4-8,20-21H,3,9-18H2,1-2H3. The van der Waals surface area contributed by atoms with Crippen molar-refractivity contribution >= 4 is 5.91 Å². The third-order valence-corrected chi connectivity index (χ3v) is 6.05. The molecule has 3 rings (SSSR count). The van der Waals surface area contributed by atoms with Crippen molar-refractivity contribution in [2.45, 2.75) is 44.7 Å². The van der Waals surface area contributed by atoms with Gasteiger partial charge in [0.1, 0.15) is 0 Å². The molecule has 27 heavy (non-hydrogen) atoms. The van der Waals surface area contributed by atoms with E-state index >= 15 is 0 Å². The molecule has 150 valence electrons. The van der Waals surface area contributed by atoms with Crippen LogP contribution in [-0.4, -0.2) is 85.7 Å². The zero-order valence-electron chi connectivity index (χ0n) is 17.0. The molecule has 2 aliphatic rings. The van der Waals surface area contributed by atoms with Gasteiger partial charge in [-0.2, -0.15) is 0 Å². The molecular weight excluding hydrogens is 338 g/mol. The predicted octanol–water partition coefficient (Wildman–Crippen LogP) is 2.26. The lowest BCUT2D eigenvalue weighted by Gasteiger charge is -2.41. The number of carbonyl (C=O) groups excluding carboxylic acids is 1. The number of hydrogen-bond donors (Lipinski definition) is 0. The van der Waals surface area contributed by atoms with Crippen LogP contribution in [0.5, 0.6) is 0 Å². The van der Waals surface area contributed by atoms with E-state index in [9.17, 15) is 4.79 Å². The number of ether oxygens (including phenoxy) is 1. The molecule has 2 fully saturated rings. The van der Waals surface area contributed by atoms with E-state index in [-0.39, 0.29) is 6.04 Å². The fourth-order valence-corrected chi connectivity index (χ4v) is 4.34. The molecule has 0 radical (unpaired) electrons. The van der Waals surface area contributed by atoms with Crippen molar-refractivity contribution in [3.63, 3.8) is 0 Å². The van der Waals surface area contributed by atoms with E-state index in [1.807, 2.05) is 0 Å². The first-order valence-electron chi connectivity index (χ1n) is 10.5. The maximum absolute atomic E-state index is 13.6. The molecule has 2 heterocycles. The smallest absolute Gasteiger partial charge is 0.240 e. The largest absolute Gasteiger partial charge is 0.379 e. The van der Waals surface area contributed by atoms with E-state index in [0.29, 0.717) is 11.9 Å². The summed E-state index contributed by atoms with van der Waals surface area (Å²) in [6.07, 6.45) is 3.96. The van der Waals surface area contributed by atoms with Crippen LogP contribution < -0.4 is 0 Å². The van der Waals surface area contributed by atoms with Crippen molar-refractivity contribution in [3.8, 4) is 0 Å². The van der Waals surface area contributed by atoms with Crippen LogP contribution in [0.25, 0.3) is 0 Å². The minimum atomic E-state index is -0.00988. The highest BCUT2D eigenvalue weighted by atomic mass is 16.5. The first-order valence-corrected chi connectivity index (χ1v) is 10.5. The Labute approximate surface area is 164 Å². The van der Waals surface area contributed by atoms with Gasteiger partial charge in [0.15, 0.2) is 0 Å². The van der Waals surface area contributed by atoms with Gasteiger partial charge in [0, 0.05) is 25.7 Å². The van der Waals surface area contributed by atoms with Gasteiger partial charge in [-0.15, -0.1) is 0 Å². The van der Waals surface area contributed by atoms with Crippen LogP contribution in [0.3, 0.4) is 0 Å².